The zero-order valence-corrected chi connectivity index (χ0v) is 18.0. The lowest BCUT2D eigenvalue weighted by Gasteiger charge is -2.12. The molecule has 1 aliphatic carbocycles. The van der Waals surface area contributed by atoms with Crippen molar-refractivity contribution in [1.29, 1.82) is 0 Å². The van der Waals surface area contributed by atoms with Crippen molar-refractivity contribution in [2.75, 3.05) is 33.3 Å². The molecule has 0 unspecified atom stereocenters. The first kappa shape index (κ1) is 22.5. The van der Waals surface area contributed by atoms with Crippen molar-refractivity contribution in [3.8, 4) is 5.75 Å². The number of rotatable bonds is 10. The van der Waals surface area contributed by atoms with Gasteiger partial charge >= 0.3 is 0 Å². The predicted molar refractivity (Wildman–Crippen MR) is 116 cm³/mol. The zero-order chi connectivity index (χ0) is 17.9. The highest BCUT2D eigenvalue weighted by Gasteiger charge is 2.28. The van der Waals surface area contributed by atoms with Gasteiger partial charge in [-0.3, -0.25) is 9.79 Å². The van der Waals surface area contributed by atoms with Crippen LogP contribution in [0, 0.1) is 5.92 Å². The van der Waals surface area contributed by atoms with Gasteiger partial charge in [-0.2, -0.15) is 0 Å². The second-order valence-corrected chi connectivity index (χ2v) is 6.21. The molecule has 2 rings (SSSR count). The number of aliphatic imine (C=N–C) groups is 1. The molecule has 1 saturated carbocycles. The molecule has 6 nitrogen and oxygen atoms in total. The summed E-state index contributed by atoms with van der Waals surface area (Å²) in [6, 6.07) is 8.14. The van der Waals surface area contributed by atoms with Gasteiger partial charge < -0.3 is 20.7 Å². The van der Waals surface area contributed by atoms with Crippen molar-refractivity contribution in [2.45, 2.75) is 32.6 Å². The molecule has 1 fully saturated rings. The highest BCUT2D eigenvalue weighted by atomic mass is 127. The van der Waals surface area contributed by atoms with Crippen molar-refractivity contribution >= 4 is 35.8 Å². The van der Waals surface area contributed by atoms with E-state index in [1.165, 1.54) is 5.56 Å². The average molecular weight is 474 g/mol. The molecule has 0 heterocycles. The van der Waals surface area contributed by atoms with Gasteiger partial charge in [-0.25, -0.2) is 0 Å². The first-order valence-electron chi connectivity index (χ1n) is 9.15. The van der Waals surface area contributed by atoms with E-state index in [9.17, 15) is 4.79 Å². The first-order chi connectivity index (χ1) is 12.2. The maximum absolute atomic E-state index is 11.6. The summed E-state index contributed by atoms with van der Waals surface area (Å²) in [5, 5.41) is 9.43. The third-order valence-corrected chi connectivity index (χ3v) is 4.04. The molecule has 1 aromatic rings. The molecule has 146 valence electrons. The Kier molecular flexibility index (Phi) is 11.1. The number of benzene rings is 1. The summed E-state index contributed by atoms with van der Waals surface area (Å²) in [6.45, 7) is 4.92. The summed E-state index contributed by atoms with van der Waals surface area (Å²) in [5.74, 6) is 2.14. The molecule has 1 aromatic carbocycles. The molecule has 1 aliphatic rings. The minimum atomic E-state index is 0. The largest absolute Gasteiger partial charge is 0.497 e. The van der Waals surface area contributed by atoms with Gasteiger partial charge in [0.1, 0.15) is 5.75 Å². The molecule has 3 N–H and O–H groups in total. The number of methoxy groups -OCH3 is 1. The normalized spacial score (nSPS) is 13.5. The number of nitrogens with one attached hydrogen (secondary N) is 3. The zero-order valence-electron chi connectivity index (χ0n) is 15.7. The highest BCUT2D eigenvalue weighted by Crippen LogP contribution is 2.28. The first-order valence-corrected chi connectivity index (χ1v) is 9.15. The standard InChI is InChI=1S/C19H30N4O2.HI/c1-3-20-19(23-13-12-21-18(24)16-9-10-16)22-11-5-7-15-6-4-8-17(14-15)25-2;/h4,6,8,14,16H,3,5,7,9-13H2,1-2H3,(H,21,24)(H2,20,22,23);1H. The van der Waals surface area contributed by atoms with E-state index in [4.69, 9.17) is 4.74 Å². The van der Waals surface area contributed by atoms with Gasteiger partial charge in [0.25, 0.3) is 0 Å². The highest BCUT2D eigenvalue weighted by molar-refractivity contribution is 14.0. The Hall–Kier alpha value is -1.51. The van der Waals surface area contributed by atoms with Crippen LogP contribution >= 0.6 is 24.0 Å². The Labute approximate surface area is 173 Å². The van der Waals surface area contributed by atoms with Gasteiger partial charge in [-0.05, 0) is 50.3 Å². The minimum Gasteiger partial charge on any atom is -0.497 e. The molecule has 0 saturated heterocycles. The molecule has 1 amide bonds. The number of hydrogen-bond acceptors (Lipinski definition) is 3. The van der Waals surface area contributed by atoms with Crippen molar-refractivity contribution in [1.82, 2.24) is 16.0 Å². The lowest BCUT2D eigenvalue weighted by atomic mass is 10.1. The third-order valence-electron chi connectivity index (χ3n) is 4.04. The smallest absolute Gasteiger partial charge is 0.223 e. The van der Waals surface area contributed by atoms with Crippen LogP contribution in [-0.2, 0) is 11.2 Å². The molecular formula is C19H31IN4O2. The predicted octanol–water partition coefficient (Wildman–Crippen LogP) is 2.33. The maximum Gasteiger partial charge on any atom is 0.223 e. The second-order valence-electron chi connectivity index (χ2n) is 6.21. The van der Waals surface area contributed by atoms with Crippen molar-refractivity contribution < 1.29 is 9.53 Å². The number of carbonyl (C=O) groups is 1. The van der Waals surface area contributed by atoms with E-state index in [0.717, 1.165) is 50.5 Å². The fourth-order valence-electron chi connectivity index (χ4n) is 2.50. The molecule has 7 heteroatoms. The van der Waals surface area contributed by atoms with Gasteiger partial charge in [0, 0.05) is 32.1 Å². The van der Waals surface area contributed by atoms with Crippen LogP contribution in [0.2, 0.25) is 0 Å². The lowest BCUT2D eigenvalue weighted by molar-refractivity contribution is -0.122. The van der Waals surface area contributed by atoms with Crippen LogP contribution in [-0.4, -0.2) is 45.2 Å². The van der Waals surface area contributed by atoms with Crippen LogP contribution < -0.4 is 20.7 Å². The number of nitrogens with zero attached hydrogens (tertiary/aromatic N) is 1. The Balaban J connectivity index is 0.00000338. The summed E-state index contributed by atoms with van der Waals surface area (Å²) in [7, 11) is 1.69. The molecule has 0 aliphatic heterocycles. The Bertz CT molecular complexity index is 576. The molecule has 0 atom stereocenters. The van der Waals surface area contributed by atoms with Crippen molar-refractivity contribution in [2.24, 2.45) is 10.9 Å². The van der Waals surface area contributed by atoms with E-state index in [0.29, 0.717) is 13.1 Å². The molecule has 0 spiro atoms. The Morgan fingerprint density at radius 2 is 2.00 bits per heavy atom. The lowest BCUT2D eigenvalue weighted by Crippen LogP contribution is -2.41. The second kappa shape index (κ2) is 12.8. The summed E-state index contributed by atoms with van der Waals surface area (Å²) in [6.07, 6.45) is 4.02. The number of amides is 1. The molecule has 0 radical (unpaired) electrons. The summed E-state index contributed by atoms with van der Waals surface area (Å²) in [5.41, 5.74) is 1.26. The van der Waals surface area contributed by atoms with Crippen molar-refractivity contribution in [3.05, 3.63) is 29.8 Å². The molecule has 0 bridgehead atoms. The number of aryl methyl sites for hydroxylation is 1. The number of ether oxygens (including phenoxy) is 1. The van der Waals surface area contributed by atoms with Crippen molar-refractivity contribution in [3.63, 3.8) is 0 Å². The Morgan fingerprint density at radius 3 is 2.69 bits per heavy atom. The topological polar surface area (TPSA) is 74.8 Å². The van der Waals surface area contributed by atoms with Crippen LogP contribution in [0.15, 0.2) is 29.3 Å². The van der Waals surface area contributed by atoms with Crippen LogP contribution in [0.5, 0.6) is 5.75 Å². The quantitative estimate of drug-likeness (QED) is 0.211. The molecular weight excluding hydrogens is 443 g/mol. The van der Waals surface area contributed by atoms with Crippen LogP contribution in [0.4, 0.5) is 0 Å². The summed E-state index contributed by atoms with van der Waals surface area (Å²) < 4.78 is 5.24. The van der Waals surface area contributed by atoms with Gasteiger partial charge in [0.15, 0.2) is 5.96 Å². The van der Waals surface area contributed by atoms with E-state index in [-0.39, 0.29) is 35.8 Å². The van der Waals surface area contributed by atoms with E-state index in [1.807, 2.05) is 19.1 Å². The van der Waals surface area contributed by atoms with Crippen LogP contribution in [0.1, 0.15) is 31.7 Å². The summed E-state index contributed by atoms with van der Waals surface area (Å²) >= 11 is 0. The molecule has 26 heavy (non-hydrogen) atoms. The monoisotopic (exact) mass is 474 g/mol. The third kappa shape index (κ3) is 8.73. The number of guanidine groups is 1. The SMILES string of the molecule is CCNC(=NCCCc1cccc(OC)c1)NCCNC(=O)C1CC1.I. The summed E-state index contributed by atoms with van der Waals surface area (Å²) in [4.78, 5) is 16.2. The fraction of sp³-hybridized carbons (Fsp3) is 0.579. The van der Waals surface area contributed by atoms with Gasteiger partial charge in [0.05, 0.1) is 7.11 Å². The fourth-order valence-corrected chi connectivity index (χ4v) is 2.50. The molecule has 0 aromatic heterocycles. The van der Waals surface area contributed by atoms with E-state index >= 15 is 0 Å². The van der Waals surface area contributed by atoms with Gasteiger partial charge in [-0.15, -0.1) is 24.0 Å². The van der Waals surface area contributed by atoms with Crippen LogP contribution in [0.25, 0.3) is 0 Å². The van der Waals surface area contributed by atoms with Gasteiger partial charge in [0.2, 0.25) is 5.91 Å². The maximum atomic E-state index is 11.6. The average Bonchev–Trinajstić information content (AvgIpc) is 3.47. The van der Waals surface area contributed by atoms with E-state index in [2.05, 4.69) is 33.1 Å². The number of carbonyl (C=O) groups excluding carboxylic acids is 1. The number of halogens is 1. The van der Waals surface area contributed by atoms with E-state index < -0.39 is 0 Å². The number of hydrogen-bond donors (Lipinski definition) is 3. The van der Waals surface area contributed by atoms with E-state index in [1.54, 1.807) is 7.11 Å². The van der Waals surface area contributed by atoms with Gasteiger partial charge in [-0.1, -0.05) is 12.1 Å². The van der Waals surface area contributed by atoms with Crippen LogP contribution in [0.3, 0.4) is 0 Å². The Morgan fingerprint density at radius 1 is 1.23 bits per heavy atom. The minimum absolute atomic E-state index is 0.